The molecule has 0 aromatic rings. The Hall–Kier alpha value is -0.730. The van der Waals surface area contributed by atoms with Crippen LogP contribution in [0.25, 0.3) is 0 Å². The molecular formula is C35H58N2O5. The summed E-state index contributed by atoms with van der Waals surface area (Å²) in [6.07, 6.45) is 7.63. The van der Waals surface area contributed by atoms with Crippen molar-refractivity contribution in [3.05, 3.63) is 0 Å². The molecule has 0 bridgehead atoms. The summed E-state index contributed by atoms with van der Waals surface area (Å²) in [7, 11) is 0. The predicted octanol–water partition coefficient (Wildman–Crippen LogP) is 4.84. The van der Waals surface area contributed by atoms with Gasteiger partial charge in [-0.2, -0.15) is 0 Å². The smallest absolute Gasteiger partial charge is 0.225 e. The lowest BCUT2D eigenvalue weighted by molar-refractivity contribution is -0.245. The van der Waals surface area contributed by atoms with Gasteiger partial charge in [-0.3, -0.25) is 4.79 Å². The summed E-state index contributed by atoms with van der Waals surface area (Å²) in [6.45, 7) is 18.6. The van der Waals surface area contributed by atoms with Crippen molar-refractivity contribution >= 4 is 5.91 Å². The third-order valence-electron chi connectivity index (χ3n) is 15.0. The number of aliphatic hydroxyl groups excluding tert-OH is 1. The number of morpholine rings is 1. The number of hydrogen-bond acceptors (Lipinski definition) is 6. The summed E-state index contributed by atoms with van der Waals surface area (Å²) >= 11 is 0. The van der Waals surface area contributed by atoms with Crippen molar-refractivity contribution in [2.45, 2.75) is 124 Å². The Bertz CT molecular complexity index is 1080. The molecular weight excluding hydrogens is 528 g/mol. The van der Waals surface area contributed by atoms with E-state index in [0.29, 0.717) is 72.6 Å². The topological polar surface area (TPSA) is 94.2 Å². The molecule has 7 fully saturated rings. The number of fused-ring (bicyclic) bond motifs is 4. The molecule has 7 nitrogen and oxygen atoms in total. The van der Waals surface area contributed by atoms with Gasteiger partial charge in [0.15, 0.2) is 6.29 Å². The van der Waals surface area contributed by atoms with Crippen LogP contribution in [0.1, 0.15) is 93.4 Å². The lowest BCUT2D eigenvalue weighted by Crippen LogP contribution is -2.57. The molecule has 14 atom stereocenters. The van der Waals surface area contributed by atoms with Crippen molar-refractivity contribution in [1.82, 2.24) is 4.90 Å². The van der Waals surface area contributed by atoms with Crippen LogP contribution in [0.2, 0.25) is 0 Å². The van der Waals surface area contributed by atoms with Crippen molar-refractivity contribution in [2.75, 3.05) is 26.2 Å². The van der Waals surface area contributed by atoms with Gasteiger partial charge in [0.25, 0.3) is 0 Å². The molecule has 2 saturated heterocycles. The van der Waals surface area contributed by atoms with E-state index in [4.69, 9.17) is 19.9 Å². The Balaban J connectivity index is 1.12. The number of carbonyl (C=O) groups excluding carboxylic acids is 1. The lowest BCUT2D eigenvalue weighted by Gasteiger charge is -2.60. The SMILES string of the molecule is CC(C)C(=O)N1CCOC(OC2CCC34C(CCC5C6C(O)C7OC(CN)CC(C)C7C6(C)CCC53C4C)C2(C)C)C1. The zero-order valence-corrected chi connectivity index (χ0v) is 27.3. The van der Waals surface area contributed by atoms with Gasteiger partial charge in [-0.1, -0.05) is 48.5 Å². The molecule has 0 aromatic carbocycles. The van der Waals surface area contributed by atoms with Crippen LogP contribution in [-0.4, -0.2) is 72.9 Å². The molecule has 5 saturated carbocycles. The van der Waals surface area contributed by atoms with Crippen molar-refractivity contribution in [3.63, 3.8) is 0 Å². The van der Waals surface area contributed by atoms with E-state index in [9.17, 15) is 9.90 Å². The van der Waals surface area contributed by atoms with Gasteiger partial charge >= 0.3 is 0 Å². The molecule has 14 unspecified atom stereocenters. The van der Waals surface area contributed by atoms with Crippen LogP contribution in [0.3, 0.4) is 0 Å². The molecule has 2 aliphatic heterocycles. The van der Waals surface area contributed by atoms with Crippen LogP contribution in [0, 0.1) is 63.1 Å². The van der Waals surface area contributed by atoms with Crippen LogP contribution < -0.4 is 5.73 Å². The fraction of sp³-hybridized carbons (Fsp3) is 0.971. The highest BCUT2D eigenvalue weighted by Gasteiger charge is 2.85. The van der Waals surface area contributed by atoms with Crippen LogP contribution in [0.5, 0.6) is 0 Å². The molecule has 5 aliphatic carbocycles. The minimum atomic E-state index is -0.381. The number of hydrogen-bond donors (Lipinski definition) is 2. The average Bonchev–Trinajstić information content (AvgIpc) is 3.39. The Morgan fingerprint density at radius 3 is 2.55 bits per heavy atom. The zero-order valence-electron chi connectivity index (χ0n) is 27.3. The maximum atomic E-state index is 12.7. The van der Waals surface area contributed by atoms with E-state index in [1.165, 1.54) is 32.1 Å². The fourth-order valence-electron chi connectivity index (χ4n) is 13.5. The second-order valence-corrected chi connectivity index (χ2v) is 17.0. The highest BCUT2D eigenvalue weighted by molar-refractivity contribution is 5.78. The molecule has 0 radical (unpaired) electrons. The summed E-state index contributed by atoms with van der Waals surface area (Å²) in [5.74, 6) is 3.33. The number of ether oxygens (including phenoxy) is 3. The van der Waals surface area contributed by atoms with E-state index in [2.05, 4.69) is 34.6 Å². The van der Waals surface area contributed by atoms with Crippen molar-refractivity contribution in [2.24, 2.45) is 68.8 Å². The number of rotatable bonds is 4. The monoisotopic (exact) mass is 586 g/mol. The molecule has 42 heavy (non-hydrogen) atoms. The van der Waals surface area contributed by atoms with Crippen molar-refractivity contribution < 1.29 is 24.1 Å². The normalized spacial score (nSPS) is 54.3. The molecule has 238 valence electrons. The Labute approximate surface area is 254 Å². The van der Waals surface area contributed by atoms with E-state index in [1.54, 1.807) is 0 Å². The first-order chi connectivity index (χ1) is 19.8. The van der Waals surface area contributed by atoms with Crippen LogP contribution >= 0.6 is 0 Å². The molecule has 7 heteroatoms. The summed E-state index contributed by atoms with van der Waals surface area (Å²) in [5.41, 5.74) is 6.93. The van der Waals surface area contributed by atoms with E-state index < -0.39 is 0 Å². The Morgan fingerprint density at radius 1 is 1.07 bits per heavy atom. The van der Waals surface area contributed by atoms with Gasteiger partial charge in [-0.05, 0) is 102 Å². The standard InChI is InChI=1S/C35H58N2O5/c1-19(2)31(39)37-14-15-40-26(18-37)42-25-10-11-35-21(4)34(35)13-12-33(7)27-20(3)16-22(17-36)41-30(27)29(38)28(33)23(34)8-9-24(35)32(25,5)6/h19-30,38H,8-18,36H2,1-7H3. The molecule has 2 heterocycles. The number of nitrogens with two attached hydrogens (primary N) is 1. The van der Waals surface area contributed by atoms with Crippen LogP contribution in [0.4, 0.5) is 0 Å². The van der Waals surface area contributed by atoms with E-state index in [0.717, 1.165) is 12.8 Å². The molecule has 7 rings (SSSR count). The van der Waals surface area contributed by atoms with Gasteiger partial charge in [0.1, 0.15) is 0 Å². The van der Waals surface area contributed by atoms with E-state index in [-0.39, 0.29) is 53.4 Å². The highest BCUT2D eigenvalue weighted by atomic mass is 16.7. The zero-order chi connectivity index (χ0) is 30.0. The molecule has 3 N–H and O–H groups in total. The lowest BCUT2D eigenvalue weighted by atomic mass is 9.46. The third-order valence-corrected chi connectivity index (χ3v) is 15.0. The van der Waals surface area contributed by atoms with Crippen molar-refractivity contribution in [1.29, 1.82) is 0 Å². The maximum absolute atomic E-state index is 12.7. The average molecular weight is 587 g/mol. The fourth-order valence-corrected chi connectivity index (χ4v) is 13.5. The maximum Gasteiger partial charge on any atom is 0.225 e. The minimum Gasteiger partial charge on any atom is -0.390 e. The number of carbonyl (C=O) groups is 1. The molecule has 1 amide bonds. The first kappa shape index (κ1) is 30.0. The Morgan fingerprint density at radius 2 is 1.83 bits per heavy atom. The molecule has 2 spiro atoms. The first-order valence-electron chi connectivity index (χ1n) is 17.4. The second kappa shape index (κ2) is 9.88. The third kappa shape index (κ3) is 3.72. The van der Waals surface area contributed by atoms with Crippen molar-refractivity contribution in [3.8, 4) is 0 Å². The number of nitrogens with zero attached hydrogens (tertiary/aromatic N) is 1. The summed E-state index contributed by atoms with van der Waals surface area (Å²) in [4.78, 5) is 14.6. The van der Waals surface area contributed by atoms with Gasteiger partial charge in [0.05, 0.1) is 37.6 Å². The van der Waals surface area contributed by atoms with Gasteiger partial charge in [0, 0.05) is 19.0 Å². The summed E-state index contributed by atoms with van der Waals surface area (Å²) < 4.78 is 19.5. The molecule has 0 aromatic heterocycles. The Kier molecular flexibility index (Phi) is 7.05. The number of amides is 1. The van der Waals surface area contributed by atoms with Gasteiger partial charge in [-0.15, -0.1) is 0 Å². The summed E-state index contributed by atoms with van der Waals surface area (Å²) in [5, 5.41) is 12.1. The van der Waals surface area contributed by atoms with E-state index >= 15 is 0 Å². The largest absolute Gasteiger partial charge is 0.390 e. The summed E-state index contributed by atoms with van der Waals surface area (Å²) in [6, 6.07) is 0. The quantitative estimate of drug-likeness (QED) is 0.490. The molecule has 7 aliphatic rings. The van der Waals surface area contributed by atoms with Crippen LogP contribution in [-0.2, 0) is 19.0 Å². The predicted molar refractivity (Wildman–Crippen MR) is 161 cm³/mol. The minimum absolute atomic E-state index is 0.00555. The van der Waals surface area contributed by atoms with E-state index in [1.807, 2.05) is 18.7 Å². The number of aliphatic hydroxyl groups is 1. The van der Waals surface area contributed by atoms with Gasteiger partial charge < -0.3 is 30.0 Å². The van der Waals surface area contributed by atoms with Gasteiger partial charge in [-0.25, -0.2) is 0 Å². The first-order valence-corrected chi connectivity index (χ1v) is 17.4. The van der Waals surface area contributed by atoms with Crippen LogP contribution in [0.15, 0.2) is 0 Å². The highest BCUT2D eigenvalue weighted by Crippen LogP contribution is 2.89. The second-order valence-electron chi connectivity index (χ2n) is 17.0. The van der Waals surface area contributed by atoms with Gasteiger partial charge in [0.2, 0.25) is 5.91 Å².